The smallest absolute Gasteiger partial charge is 0.410 e. The minimum atomic E-state index is -0.983. The Bertz CT molecular complexity index is 560. The van der Waals surface area contributed by atoms with Crippen molar-refractivity contribution >= 4 is 18.0 Å². The molecule has 2 amide bonds. The zero-order valence-corrected chi connectivity index (χ0v) is 12.0. The van der Waals surface area contributed by atoms with Crippen LogP contribution in [0.15, 0.2) is 30.3 Å². The van der Waals surface area contributed by atoms with Gasteiger partial charge in [0.25, 0.3) is 0 Å². The summed E-state index contributed by atoms with van der Waals surface area (Å²) < 4.78 is 5.18. The van der Waals surface area contributed by atoms with E-state index in [9.17, 15) is 14.4 Å². The van der Waals surface area contributed by atoms with Gasteiger partial charge in [0, 0.05) is 6.54 Å². The molecule has 0 saturated carbocycles. The van der Waals surface area contributed by atoms with E-state index < -0.39 is 29.9 Å². The molecular formula is C15H18N2O5. The van der Waals surface area contributed by atoms with Gasteiger partial charge in [-0.2, -0.15) is 0 Å². The van der Waals surface area contributed by atoms with E-state index in [1.165, 1.54) is 4.90 Å². The molecule has 7 nitrogen and oxygen atoms in total. The fourth-order valence-electron chi connectivity index (χ4n) is 2.48. The number of amides is 2. The number of aliphatic carboxylic acids is 1. The number of hydrogen-bond acceptors (Lipinski definition) is 4. The third-order valence-electron chi connectivity index (χ3n) is 3.72. The van der Waals surface area contributed by atoms with Crippen LogP contribution >= 0.6 is 0 Å². The normalized spacial score (nSPS) is 21.2. The lowest BCUT2D eigenvalue weighted by Crippen LogP contribution is -2.53. The quantitative estimate of drug-likeness (QED) is 0.861. The van der Waals surface area contributed by atoms with E-state index in [0.717, 1.165) is 5.56 Å². The van der Waals surface area contributed by atoms with Crippen LogP contribution in [-0.4, -0.2) is 40.6 Å². The number of likely N-dealkylation sites (tertiary alicyclic amines) is 1. The minimum Gasteiger partial charge on any atom is -0.481 e. The van der Waals surface area contributed by atoms with Crippen molar-refractivity contribution in [2.45, 2.75) is 25.5 Å². The molecule has 1 saturated heterocycles. The van der Waals surface area contributed by atoms with Crippen molar-refractivity contribution in [3.63, 3.8) is 0 Å². The van der Waals surface area contributed by atoms with Crippen LogP contribution in [0.1, 0.15) is 18.4 Å². The summed E-state index contributed by atoms with van der Waals surface area (Å²) in [5, 5.41) is 9.03. The highest BCUT2D eigenvalue weighted by molar-refractivity contribution is 5.85. The second kappa shape index (κ2) is 6.93. The van der Waals surface area contributed by atoms with Crippen LogP contribution in [0.2, 0.25) is 0 Å². The van der Waals surface area contributed by atoms with Gasteiger partial charge in [-0.25, -0.2) is 4.79 Å². The lowest BCUT2D eigenvalue weighted by atomic mass is 9.91. The highest BCUT2D eigenvalue weighted by atomic mass is 16.6. The fourth-order valence-corrected chi connectivity index (χ4v) is 2.48. The second-order valence-corrected chi connectivity index (χ2v) is 5.21. The van der Waals surface area contributed by atoms with Crippen LogP contribution in [0.5, 0.6) is 0 Å². The summed E-state index contributed by atoms with van der Waals surface area (Å²) in [6.45, 7) is 0.224. The summed E-state index contributed by atoms with van der Waals surface area (Å²) in [6.07, 6.45) is -0.360. The molecule has 1 aromatic rings. The molecule has 0 aromatic heterocycles. The van der Waals surface area contributed by atoms with Gasteiger partial charge in [0.2, 0.25) is 5.91 Å². The largest absolute Gasteiger partial charge is 0.481 e. The van der Waals surface area contributed by atoms with E-state index in [2.05, 4.69) is 0 Å². The fraction of sp³-hybridized carbons (Fsp3) is 0.400. The molecule has 1 aliphatic rings. The van der Waals surface area contributed by atoms with Gasteiger partial charge < -0.3 is 15.6 Å². The second-order valence-electron chi connectivity index (χ2n) is 5.21. The van der Waals surface area contributed by atoms with Crippen molar-refractivity contribution in [1.29, 1.82) is 0 Å². The predicted molar refractivity (Wildman–Crippen MR) is 76.7 cm³/mol. The maximum absolute atomic E-state index is 12.1. The van der Waals surface area contributed by atoms with Gasteiger partial charge >= 0.3 is 12.1 Å². The van der Waals surface area contributed by atoms with Gasteiger partial charge in [-0.05, 0) is 18.4 Å². The molecular weight excluding hydrogens is 288 g/mol. The number of piperidine rings is 1. The molecule has 22 heavy (non-hydrogen) atoms. The molecule has 118 valence electrons. The van der Waals surface area contributed by atoms with E-state index in [1.54, 1.807) is 0 Å². The Balaban J connectivity index is 1.98. The number of carbonyl (C=O) groups is 3. The maximum Gasteiger partial charge on any atom is 0.410 e. The summed E-state index contributed by atoms with van der Waals surface area (Å²) in [5.41, 5.74) is 6.11. The molecule has 0 radical (unpaired) electrons. The Morgan fingerprint density at radius 2 is 1.95 bits per heavy atom. The Kier molecular flexibility index (Phi) is 4.98. The molecule has 0 bridgehead atoms. The lowest BCUT2D eigenvalue weighted by molar-refractivity contribution is -0.144. The number of hydrogen-bond donors (Lipinski definition) is 2. The lowest BCUT2D eigenvalue weighted by Gasteiger charge is -2.35. The summed E-state index contributed by atoms with van der Waals surface area (Å²) in [5.74, 6) is -2.37. The van der Waals surface area contributed by atoms with Gasteiger partial charge in [-0.1, -0.05) is 30.3 Å². The first kappa shape index (κ1) is 15.8. The van der Waals surface area contributed by atoms with Crippen molar-refractivity contribution in [3.05, 3.63) is 35.9 Å². The van der Waals surface area contributed by atoms with Crippen LogP contribution in [0.25, 0.3) is 0 Å². The zero-order valence-electron chi connectivity index (χ0n) is 12.0. The van der Waals surface area contributed by atoms with Gasteiger partial charge in [-0.3, -0.25) is 14.5 Å². The van der Waals surface area contributed by atoms with Crippen LogP contribution < -0.4 is 5.73 Å². The van der Waals surface area contributed by atoms with E-state index in [-0.39, 0.29) is 26.0 Å². The van der Waals surface area contributed by atoms with E-state index in [4.69, 9.17) is 15.6 Å². The third-order valence-corrected chi connectivity index (χ3v) is 3.72. The minimum absolute atomic E-state index is 0.0190. The molecule has 1 aromatic carbocycles. The Hall–Kier alpha value is -2.57. The standard InChI is InChI=1S/C15H18N2O5/c16-13(18)12-8-11(14(19)20)6-7-17(12)15(21)22-9-10-4-2-1-3-5-10/h1-5,11-12H,6-9H2,(H2,16,18)(H,19,20)/t11-,12+/m1/s1. The zero-order chi connectivity index (χ0) is 16.1. The molecule has 0 spiro atoms. The molecule has 7 heteroatoms. The van der Waals surface area contributed by atoms with Gasteiger partial charge in [0.15, 0.2) is 0 Å². The molecule has 1 fully saturated rings. The Labute approximate surface area is 127 Å². The van der Waals surface area contributed by atoms with Crippen molar-refractivity contribution < 1.29 is 24.2 Å². The van der Waals surface area contributed by atoms with Crippen LogP contribution in [0, 0.1) is 5.92 Å². The maximum atomic E-state index is 12.1. The molecule has 1 aliphatic heterocycles. The van der Waals surface area contributed by atoms with Crippen molar-refractivity contribution in [3.8, 4) is 0 Å². The number of carbonyl (C=O) groups excluding carboxylic acids is 2. The van der Waals surface area contributed by atoms with Crippen LogP contribution in [-0.2, 0) is 20.9 Å². The molecule has 0 unspecified atom stereocenters. The molecule has 2 atom stereocenters. The number of ether oxygens (including phenoxy) is 1. The highest BCUT2D eigenvalue weighted by Gasteiger charge is 2.38. The average Bonchev–Trinajstić information content (AvgIpc) is 2.52. The molecule has 3 N–H and O–H groups in total. The summed E-state index contributed by atoms with van der Waals surface area (Å²) in [6, 6.07) is 8.19. The predicted octanol–water partition coefficient (Wildman–Crippen LogP) is 0.974. The van der Waals surface area contributed by atoms with E-state index in [1.807, 2.05) is 30.3 Å². The number of carboxylic acid groups (broad SMARTS) is 1. The summed E-state index contributed by atoms with van der Waals surface area (Å²) in [4.78, 5) is 35.8. The highest BCUT2D eigenvalue weighted by Crippen LogP contribution is 2.24. The van der Waals surface area contributed by atoms with Crippen molar-refractivity contribution in [2.24, 2.45) is 11.7 Å². The van der Waals surface area contributed by atoms with E-state index in [0.29, 0.717) is 0 Å². The first-order chi connectivity index (χ1) is 10.5. The number of benzene rings is 1. The van der Waals surface area contributed by atoms with Gasteiger partial charge in [0.05, 0.1) is 5.92 Å². The average molecular weight is 306 g/mol. The first-order valence-electron chi connectivity index (χ1n) is 6.98. The summed E-state index contributed by atoms with van der Waals surface area (Å²) >= 11 is 0. The molecule has 0 aliphatic carbocycles. The van der Waals surface area contributed by atoms with Gasteiger partial charge in [0.1, 0.15) is 12.6 Å². The van der Waals surface area contributed by atoms with Crippen LogP contribution in [0.4, 0.5) is 4.79 Å². The molecule has 2 rings (SSSR count). The third kappa shape index (κ3) is 3.75. The Morgan fingerprint density at radius 3 is 2.55 bits per heavy atom. The topological polar surface area (TPSA) is 110 Å². The number of nitrogens with two attached hydrogens (primary N) is 1. The summed E-state index contributed by atoms with van der Waals surface area (Å²) in [7, 11) is 0. The first-order valence-corrected chi connectivity index (χ1v) is 6.98. The van der Waals surface area contributed by atoms with E-state index >= 15 is 0 Å². The number of carboxylic acids is 1. The monoisotopic (exact) mass is 306 g/mol. The number of nitrogens with zero attached hydrogens (tertiary/aromatic N) is 1. The Morgan fingerprint density at radius 1 is 1.27 bits per heavy atom. The number of rotatable bonds is 4. The van der Waals surface area contributed by atoms with Crippen LogP contribution in [0.3, 0.4) is 0 Å². The number of primary amides is 1. The molecule has 1 heterocycles. The SMILES string of the molecule is NC(=O)[C@@H]1C[C@H](C(=O)O)CCN1C(=O)OCc1ccccc1. The van der Waals surface area contributed by atoms with Gasteiger partial charge in [-0.15, -0.1) is 0 Å². The van der Waals surface area contributed by atoms with Crippen molar-refractivity contribution in [2.75, 3.05) is 6.54 Å². The van der Waals surface area contributed by atoms with Crippen molar-refractivity contribution in [1.82, 2.24) is 4.90 Å².